The Balaban J connectivity index is 1.19. The Morgan fingerprint density at radius 3 is 2.40 bits per heavy atom. The van der Waals surface area contributed by atoms with Gasteiger partial charge in [-0.3, -0.25) is 0 Å². The second-order valence-corrected chi connectivity index (χ2v) is 17.3. The van der Waals surface area contributed by atoms with Gasteiger partial charge in [-0.2, -0.15) is 4.98 Å². The van der Waals surface area contributed by atoms with Crippen LogP contribution in [0.15, 0.2) is 30.5 Å². The number of methoxy groups -OCH3 is 1. The molecule has 3 heterocycles. The highest BCUT2D eigenvalue weighted by molar-refractivity contribution is 7.70. The highest BCUT2D eigenvalue weighted by atomic mass is 35.5. The predicted octanol–water partition coefficient (Wildman–Crippen LogP) is 7.90. The minimum absolute atomic E-state index is 0.379. The summed E-state index contributed by atoms with van der Waals surface area (Å²) in [5.74, 6) is 1.60. The number of ether oxygens (including phenoxy) is 1. The number of anilines is 5. The van der Waals surface area contributed by atoms with Crippen molar-refractivity contribution in [1.82, 2.24) is 14.9 Å². The van der Waals surface area contributed by atoms with Gasteiger partial charge in [-0.15, -0.1) is 0 Å². The molecule has 1 aromatic heterocycles. The van der Waals surface area contributed by atoms with E-state index in [0.717, 1.165) is 59.1 Å². The Labute approximate surface area is 273 Å². The molecule has 0 bridgehead atoms. The number of benzene rings is 2. The SMILES string of the molecule is CCc1cc(Nc2ncc(Cl)c(Nc3ccc(C)c(C)c3P(C)(C)=O)n2)c(OC)cc1N1CCC2(CC1)CC(N1CCCC1)C2. The third-order valence-corrected chi connectivity index (χ3v) is 12.4. The number of piperidine rings is 1. The zero-order valence-electron chi connectivity index (χ0n) is 27.7. The fourth-order valence-corrected chi connectivity index (χ4v) is 9.58. The van der Waals surface area contributed by atoms with E-state index in [2.05, 4.69) is 44.5 Å². The average Bonchev–Trinajstić information content (AvgIpc) is 3.53. The summed E-state index contributed by atoms with van der Waals surface area (Å²) in [5, 5.41) is 7.92. The van der Waals surface area contributed by atoms with Gasteiger partial charge in [-0.1, -0.05) is 24.6 Å². The Bertz CT molecular complexity index is 1600. The number of aromatic nitrogens is 2. The van der Waals surface area contributed by atoms with Crippen molar-refractivity contribution in [2.24, 2.45) is 5.41 Å². The second kappa shape index (κ2) is 12.8. The highest BCUT2D eigenvalue weighted by Crippen LogP contribution is 2.52. The van der Waals surface area contributed by atoms with E-state index in [-0.39, 0.29) is 0 Å². The minimum Gasteiger partial charge on any atom is -0.494 e. The van der Waals surface area contributed by atoms with E-state index in [4.69, 9.17) is 21.3 Å². The lowest BCUT2D eigenvalue weighted by Gasteiger charge is -2.55. The molecular weight excluding hydrogens is 603 g/mol. The third-order valence-electron chi connectivity index (χ3n) is 10.4. The van der Waals surface area contributed by atoms with Gasteiger partial charge in [0.2, 0.25) is 5.95 Å². The van der Waals surface area contributed by atoms with Crippen molar-refractivity contribution in [3.63, 3.8) is 0 Å². The van der Waals surface area contributed by atoms with Gasteiger partial charge in [0.1, 0.15) is 17.9 Å². The van der Waals surface area contributed by atoms with E-state index >= 15 is 0 Å². The summed E-state index contributed by atoms with van der Waals surface area (Å²) in [6, 6.07) is 9.12. The van der Waals surface area contributed by atoms with Crippen molar-refractivity contribution in [1.29, 1.82) is 0 Å². The van der Waals surface area contributed by atoms with Gasteiger partial charge in [0.25, 0.3) is 0 Å². The number of hydrogen-bond donors (Lipinski definition) is 2. The van der Waals surface area contributed by atoms with Gasteiger partial charge in [0, 0.05) is 36.2 Å². The monoisotopic (exact) mass is 650 g/mol. The second-order valence-electron chi connectivity index (χ2n) is 13.7. The van der Waals surface area contributed by atoms with E-state index in [9.17, 15) is 4.57 Å². The van der Waals surface area contributed by atoms with Crippen LogP contribution in [0.1, 0.15) is 62.1 Å². The molecular formula is C35H48ClN6O2P. The Morgan fingerprint density at radius 1 is 1.04 bits per heavy atom. The third kappa shape index (κ3) is 6.57. The molecule has 3 aromatic rings. The largest absolute Gasteiger partial charge is 0.494 e. The minimum atomic E-state index is -2.58. The molecule has 1 aliphatic carbocycles. The molecule has 2 saturated heterocycles. The van der Waals surface area contributed by atoms with Crippen molar-refractivity contribution < 1.29 is 9.30 Å². The summed E-state index contributed by atoms with van der Waals surface area (Å²) in [5.41, 5.74) is 6.73. The van der Waals surface area contributed by atoms with Gasteiger partial charge >= 0.3 is 0 Å². The Hall–Kier alpha value is -2.80. The molecule has 6 rings (SSSR count). The summed E-state index contributed by atoms with van der Waals surface area (Å²) in [4.78, 5) is 14.5. The fourth-order valence-electron chi connectivity index (χ4n) is 7.75. The molecule has 2 N–H and O–H groups in total. The summed E-state index contributed by atoms with van der Waals surface area (Å²) in [6.07, 6.45) is 10.5. The molecule has 0 radical (unpaired) electrons. The van der Waals surface area contributed by atoms with E-state index in [1.54, 1.807) is 26.6 Å². The van der Waals surface area contributed by atoms with Crippen LogP contribution in [0, 0.1) is 19.3 Å². The highest BCUT2D eigenvalue weighted by Gasteiger charge is 2.48. The van der Waals surface area contributed by atoms with Crippen LogP contribution in [0.5, 0.6) is 5.75 Å². The first-order valence-electron chi connectivity index (χ1n) is 16.4. The molecule has 2 aliphatic heterocycles. The van der Waals surface area contributed by atoms with Crippen molar-refractivity contribution >= 4 is 52.9 Å². The number of likely N-dealkylation sites (tertiary alicyclic amines) is 1. The first-order valence-corrected chi connectivity index (χ1v) is 19.4. The van der Waals surface area contributed by atoms with Crippen LogP contribution < -0.4 is 25.6 Å². The Kier molecular flexibility index (Phi) is 9.13. The van der Waals surface area contributed by atoms with Gasteiger partial charge in [0.05, 0.1) is 24.7 Å². The lowest BCUT2D eigenvalue weighted by molar-refractivity contribution is -0.00647. The topological polar surface area (TPSA) is 82.6 Å². The van der Waals surface area contributed by atoms with Crippen LogP contribution in [0.3, 0.4) is 0 Å². The number of nitrogens with zero attached hydrogens (tertiary/aromatic N) is 4. The molecule has 0 atom stereocenters. The van der Waals surface area contributed by atoms with Gasteiger partial charge in [0.15, 0.2) is 5.82 Å². The summed E-state index contributed by atoms with van der Waals surface area (Å²) in [7, 11) is -0.869. The number of rotatable bonds is 9. The number of hydrogen-bond acceptors (Lipinski definition) is 8. The molecule has 3 fully saturated rings. The quantitative estimate of drug-likeness (QED) is 0.226. The van der Waals surface area contributed by atoms with Gasteiger partial charge in [-0.25, -0.2) is 4.98 Å². The average molecular weight is 651 g/mol. The zero-order chi connectivity index (χ0) is 31.9. The van der Waals surface area contributed by atoms with Crippen LogP contribution in [-0.4, -0.2) is 67.5 Å². The van der Waals surface area contributed by atoms with Crippen LogP contribution in [0.2, 0.25) is 5.02 Å². The van der Waals surface area contributed by atoms with Crippen molar-refractivity contribution in [3.05, 3.63) is 52.2 Å². The van der Waals surface area contributed by atoms with Gasteiger partial charge in [-0.05, 0) is 119 Å². The van der Waals surface area contributed by atoms with Crippen LogP contribution in [-0.2, 0) is 11.0 Å². The molecule has 2 aromatic carbocycles. The maximum absolute atomic E-state index is 13.2. The lowest BCUT2D eigenvalue weighted by Crippen LogP contribution is -2.54. The molecule has 3 aliphatic rings. The molecule has 1 saturated carbocycles. The van der Waals surface area contributed by atoms with E-state index in [0.29, 0.717) is 22.2 Å². The molecule has 0 unspecified atom stereocenters. The maximum Gasteiger partial charge on any atom is 0.229 e. The molecule has 0 amide bonds. The summed E-state index contributed by atoms with van der Waals surface area (Å²) >= 11 is 6.56. The normalized spacial score (nSPS) is 18.7. The zero-order valence-corrected chi connectivity index (χ0v) is 29.3. The molecule has 242 valence electrons. The van der Waals surface area contributed by atoms with E-state index in [1.807, 2.05) is 26.0 Å². The maximum atomic E-state index is 13.2. The van der Waals surface area contributed by atoms with Crippen LogP contribution in [0.4, 0.5) is 28.8 Å². The number of halogens is 1. The smallest absolute Gasteiger partial charge is 0.229 e. The van der Waals surface area contributed by atoms with E-state index < -0.39 is 7.14 Å². The molecule has 45 heavy (non-hydrogen) atoms. The van der Waals surface area contributed by atoms with Crippen molar-refractivity contribution in [2.45, 2.75) is 71.8 Å². The van der Waals surface area contributed by atoms with Crippen molar-refractivity contribution in [3.8, 4) is 5.75 Å². The number of aryl methyl sites for hydroxylation is 2. The first kappa shape index (κ1) is 32.2. The first-order chi connectivity index (χ1) is 21.5. The van der Waals surface area contributed by atoms with Crippen molar-refractivity contribution in [2.75, 3.05) is 62.2 Å². The molecule has 10 heteroatoms. The van der Waals surface area contributed by atoms with Crippen LogP contribution >= 0.6 is 18.7 Å². The van der Waals surface area contributed by atoms with Crippen LogP contribution in [0.25, 0.3) is 0 Å². The molecule has 1 spiro atoms. The summed E-state index contributed by atoms with van der Waals surface area (Å²) < 4.78 is 19.1. The predicted molar refractivity (Wildman–Crippen MR) is 189 cm³/mol. The number of nitrogens with one attached hydrogen (secondary N) is 2. The lowest BCUT2D eigenvalue weighted by atomic mass is 9.60. The molecule has 8 nitrogen and oxygen atoms in total. The standard InChI is InChI=1S/C35H48ClN6O2P/c1-7-25-18-29(31(44-4)19-30(25)42-16-12-35(13-17-42)20-26(21-35)41-14-8-9-15-41)39-34-37-22-27(36)33(40-34)38-28-11-10-23(2)24(3)32(28)45(5,6)43/h10-11,18-19,22,26H,7-9,12-17,20-21H2,1-6H3,(H2,37,38,39,40). The van der Waals surface area contributed by atoms with Gasteiger partial charge < -0.3 is 29.7 Å². The van der Waals surface area contributed by atoms with E-state index in [1.165, 1.54) is 62.9 Å². The summed E-state index contributed by atoms with van der Waals surface area (Å²) in [6.45, 7) is 14.6. The Morgan fingerprint density at radius 2 is 1.76 bits per heavy atom. The fraction of sp³-hybridized carbons (Fsp3) is 0.543.